The number of rotatable bonds is 1. The van der Waals surface area contributed by atoms with Crippen molar-refractivity contribution in [2.45, 2.75) is 32.4 Å². The van der Waals surface area contributed by atoms with Crippen molar-refractivity contribution >= 4 is 23.2 Å². The van der Waals surface area contributed by atoms with Gasteiger partial charge < -0.3 is 0 Å². The van der Waals surface area contributed by atoms with E-state index in [0.29, 0.717) is 5.69 Å². The fourth-order valence-corrected chi connectivity index (χ4v) is 2.72. The minimum absolute atomic E-state index is 0.118. The summed E-state index contributed by atoms with van der Waals surface area (Å²) in [6.45, 7) is 5.65. The second kappa shape index (κ2) is 5.73. The maximum absolute atomic E-state index is 12.8. The highest BCUT2D eigenvalue weighted by molar-refractivity contribution is 6.37. The first-order valence-electron chi connectivity index (χ1n) is 6.52. The molecule has 1 heterocycles. The first-order chi connectivity index (χ1) is 10.4. The number of nitriles is 1. The number of aromatic nitrogens is 2. The van der Waals surface area contributed by atoms with Crippen molar-refractivity contribution < 1.29 is 13.2 Å². The molecule has 0 unspecified atom stereocenters. The van der Waals surface area contributed by atoms with E-state index in [0.717, 1.165) is 12.1 Å². The Morgan fingerprint density at radius 3 is 2.00 bits per heavy atom. The van der Waals surface area contributed by atoms with Crippen LogP contribution in [0.4, 0.5) is 13.2 Å². The average Bonchev–Trinajstić information content (AvgIpc) is 2.80. The summed E-state index contributed by atoms with van der Waals surface area (Å²) < 4.78 is 39.8. The lowest BCUT2D eigenvalue weighted by atomic mass is 9.91. The maximum Gasteiger partial charge on any atom is 0.416 e. The number of nitrogens with zero attached hydrogens (tertiary/aromatic N) is 3. The molecule has 8 heteroatoms. The Balaban J connectivity index is 2.74. The van der Waals surface area contributed by atoms with Crippen molar-refractivity contribution in [3.8, 4) is 11.8 Å². The van der Waals surface area contributed by atoms with E-state index in [1.54, 1.807) is 6.07 Å². The average molecular weight is 362 g/mol. The Bertz CT molecular complexity index is 773. The maximum atomic E-state index is 12.8. The van der Waals surface area contributed by atoms with Gasteiger partial charge in [-0.3, -0.25) is 0 Å². The summed E-state index contributed by atoms with van der Waals surface area (Å²) >= 11 is 12.0. The lowest BCUT2D eigenvalue weighted by Crippen LogP contribution is -2.18. The Morgan fingerprint density at radius 1 is 1.09 bits per heavy atom. The van der Waals surface area contributed by atoms with Crippen molar-refractivity contribution in [3.05, 3.63) is 45.2 Å². The third kappa shape index (κ3) is 3.46. The van der Waals surface area contributed by atoms with E-state index in [-0.39, 0.29) is 21.4 Å². The largest absolute Gasteiger partial charge is 0.416 e. The summed E-state index contributed by atoms with van der Waals surface area (Å²) in [5.74, 6) is 0. The van der Waals surface area contributed by atoms with Gasteiger partial charge in [0.2, 0.25) is 0 Å². The Labute approximate surface area is 141 Å². The molecule has 23 heavy (non-hydrogen) atoms. The summed E-state index contributed by atoms with van der Waals surface area (Å²) in [6.07, 6.45) is -4.55. The van der Waals surface area contributed by atoms with E-state index >= 15 is 0 Å². The predicted octanol–water partition coefficient (Wildman–Crippen LogP) is 5.37. The molecule has 0 saturated carbocycles. The number of hydrogen-bond acceptors (Lipinski definition) is 2. The first kappa shape index (κ1) is 17.6. The summed E-state index contributed by atoms with van der Waals surface area (Å²) in [7, 11) is 0. The van der Waals surface area contributed by atoms with Gasteiger partial charge in [-0.2, -0.15) is 23.5 Å². The molecule has 0 amide bonds. The van der Waals surface area contributed by atoms with Gasteiger partial charge in [0.1, 0.15) is 11.8 Å². The molecule has 0 aliphatic heterocycles. The van der Waals surface area contributed by atoms with Crippen LogP contribution in [-0.2, 0) is 11.6 Å². The van der Waals surface area contributed by atoms with Crippen molar-refractivity contribution in [1.29, 1.82) is 5.26 Å². The van der Waals surface area contributed by atoms with Crippen molar-refractivity contribution in [2.75, 3.05) is 0 Å². The Hall–Kier alpha value is -1.71. The highest BCUT2D eigenvalue weighted by Crippen LogP contribution is 2.39. The Kier molecular flexibility index (Phi) is 4.40. The quantitative estimate of drug-likeness (QED) is 0.685. The molecular weight excluding hydrogens is 350 g/mol. The van der Waals surface area contributed by atoms with Gasteiger partial charge >= 0.3 is 6.18 Å². The monoisotopic (exact) mass is 361 g/mol. The smallest absolute Gasteiger partial charge is 0.233 e. The molecule has 0 fully saturated rings. The molecule has 0 bridgehead atoms. The normalized spacial score (nSPS) is 12.3. The van der Waals surface area contributed by atoms with Gasteiger partial charge in [0, 0.05) is 5.41 Å². The van der Waals surface area contributed by atoms with Crippen LogP contribution in [0.1, 0.15) is 37.7 Å². The molecule has 0 atom stereocenters. The van der Waals surface area contributed by atoms with Crippen molar-refractivity contribution in [1.82, 2.24) is 9.78 Å². The van der Waals surface area contributed by atoms with Crippen molar-refractivity contribution in [3.63, 3.8) is 0 Å². The highest BCUT2D eigenvalue weighted by Gasteiger charge is 2.33. The number of alkyl halides is 3. The first-order valence-corrected chi connectivity index (χ1v) is 7.28. The summed E-state index contributed by atoms with van der Waals surface area (Å²) in [4.78, 5) is 0. The van der Waals surface area contributed by atoms with E-state index in [1.807, 2.05) is 26.8 Å². The second-order valence-electron chi connectivity index (χ2n) is 5.97. The Morgan fingerprint density at radius 2 is 1.61 bits per heavy atom. The molecule has 122 valence electrons. The molecule has 0 radical (unpaired) electrons. The van der Waals surface area contributed by atoms with Gasteiger partial charge in [-0.05, 0) is 18.2 Å². The van der Waals surface area contributed by atoms with Crippen LogP contribution in [0, 0.1) is 11.3 Å². The number of hydrogen-bond donors (Lipinski definition) is 0. The molecule has 0 aliphatic carbocycles. The summed E-state index contributed by atoms with van der Waals surface area (Å²) in [5.41, 5.74) is -0.509. The molecule has 2 rings (SSSR count). The van der Waals surface area contributed by atoms with E-state index in [9.17, 15) is 13.2 Å². The van der Waals surface area contributed by atoms with Crippen LogP contribution in [0.25, 0.3) is 5.69 Å². The zero-order chi connectivity index (χ0) is 17.6. The molecular formula is C15H12Cl2F3N3. The van der Waals surface area contributed by atoms with E-state index in [2.05, 4.69) is 5.10 Å². The zero-order valence-electron chi connectivity index (χ0n) is 12.5. The van der Waals surface area contributed by atoms with Crippen LogP contribution in [0.5, 0.6) is 0 Å². The van der Waals surface area contributed by atoms with Gasteiger partial charge in [0.25, 0.3) is 0 Å². The zero-order valence-corrected chi connectivity index (χ0v) is 14.0. The minimum Gasteiger partial charge on any atom is -0.233 e. The van der Waals surface area contributed by atoms with Gasteiger partial charge in [-0.15, -0.1) is 0 Å². The van der Waals surface area contributed by atoms with E-state index in [1.165, 1.54) is 4.68 Å². The fourth-order valence-electron chi connectivity index (χ4n) is 2.07. The van der Waals surface area contributed by atoms with Crippen LogP contribution in [-0.4, -0.2) is 9.78 Å². The third-order valence-electron chi connectivity index (χ3n) is 3.15. The molecule has 0 spiro atoms. The fraction of sp³-hybridized carbons (Fsp3) is 0.333. The lowest BCUT2D eigenvalue weighted by molar-refractivity contribution is -0.137. The number of benzene rings is 1. The van der Waals surface area contributed by atoms with Crippen LogP contribution in [0.15, 0.2) is 18.2 Å². The second-order valence-corrected chi connectivity index (χ2v) is 6.79. The minimum atomic E-state index is -4.55. The third-order valence-corrected chi connectivity index (χ3v) is 3.72. The lowest BCUT2D eigenvalue weighted by Gasteiger charge is -2.21. The summed E-state index contributed by atoms with van der Waals surface area (Å²) in [5, 5.41) is 12.7. The molecule has 1 aromatic heterocycles. The SMILES string of the molecule is CC(C)(C)c1cc(C#N)nn1-c1c(Cl)cc(C(F)(F)F)cc1Cl. The van der Waals surface area contributed by atoms with Gasteiger partial charge in [0.15, 0.2) is 5.69 Å². The van der Waals surface area contributed by atoms with Crippen LogP contribution >= 0.6 is 23.2 Å². The highest BCUT2D eigenvalue weighted by atomic mass is 35.5. The molecule has 2 aromatic rings. The van der Waals surface area contributed by atoms with Gasteiger partial charge in [0.05, 0.1) is 21.3 Å². The number of halogens is 5. The standard InChI is InChI=1S/C15H12Cl2F3N3/c1-14(2,3)12-6-9(7-21)22-23(12)13-10(16)4-8(5-11(13)17)15(18,19)20/h4-6H,1-3H3. The van der Waals surface area contributed by atoms with Crippen LogP contribution in [0.3, 0.4) is 0 Å². The molecule has 1 aromatic carbocycles. The molecule has 3 nitrogen and oxygen atoms in total. The summed E-state index contributed by atoms with van der Waals surface area (Å²) in [6, 6.07) is 5.06. The molecule has 0 saturated heterocycles. The van der Waals surface area contributed by atoms with E-state index in [4.69, 9.17) is 28.5 Å². The molecule has 0 aliphatic rings. The van der Waals surface area contributed by atoms with Crippen LogP contribution < -0.4 is 0 Å². The topological polar surface area (TPSA) is 41.6 Å². The molecule has 0 N–H and O–H groups in total. The van der Waals surface area contributed by atoms with Gasteiger partial charge in [-0.25, -0.2) is 4.68 Å². The predicted molar refractivity (Wildman–Crippen MR) is 82.0 cm³/mol. The van der Waals surface area contributed by atoms with Crippen LogP contribution in [0.2, 0.25) is 10.0 Å². The van der Waals surface area contributed by atoms with E-state index < -0.39 is 17.2 Å². The van der Waals surface area contributed by atoms with Gasteiger partial charge in [-0.1, -0.05) is 44.0 Å². The van der Waals surface area contributed by atoms with Crippen molar-refractivity contribution in [2.24, 2.45) is 0 Å².